The molecule has 46 heavy (non-hydrogen) atoms. The predicted molar refractivity (Wildman–Crippen MR) is 177 cm³/mol. The van der Waals surface area contributed by atoms with Crippen LogP contribution in [0.3, 0.4) is 0 Å². The molecule has 0 aliphatic heterocycles. The van der Waals surface area contributed by atoms with Gasteiger partial charge < -0.3 is 40.5 Å². The molecule has 1 amide bonds. The summed E-state index contributed by atoms with van der Waals surface area (Å²) < 4.78 is 6.24. The molecule has 0 bridgehead atoms. The number of para-hydroxylation sites is 1. The fraction of sp³-hybridized carbons (Fsp3) is 0.471. The molecular weight excluding hydrogens is 630 g/mol. The van der Waals surface area contributed by atoms with E-state index >= 15 is 0 Å². The lowest BCUT2D eigenvalue weighted by Gasteiger charge is -2.28. The summed E-state index contributed by atoms with van der Waals surface area (Å²) in [4.78, 5) is 19.3. The molecular formula is C34H42ClN3O7S. The summed E-state index contributed by atoms with van der Waals surface area (Å²) in [5.41, 5.74) is 4.13. The smallest absolute Gasteiger partial charge is 0.253 e. The second-order valence-corrected chi connectivity index (χ2v) is 13.6. The first-order valence-corrected chi connectivity index (χ1v) is 16.9. The van der Waals surface area contributed by atoms with Crippen LogP contribution in [0.15, 0.2) is 65.8 Å². The summed E-state index contributed by atoms with van der Waals surface area (Å²) in [6, 6.07) is 16.2. The Kier molecular flexibility index (Phi) is 11.6. The number of halogens is 1. The van der Waals surface area contributed by atoms with Crippen LogP contribution in [0.5, 0.6) is 5.75 Å². The average Bonchev–Trinajstić information content (AvgIpc) is 4.02. The fourth-order valence-electron chi connectivity index (χ4n) is 5.37. The Balaban J connectivity index is 1.16. The maximum absolute atomic E-state index is 12.5. The Bertz CT molecular complexity index is 1490. The van der Waals surface area contributed by atoms with E-state index in [-0.39, 0.29) is 5.54 Å². The number of hydrogen-bond donors (Lipinski definition) is 6. The van der Waals surface area contributed by atoms with Crippen molar-refractivity contribution >= 4 is 29.3 Å². The van der Waals surface area contributed by atoms with E-state index in [1.165, 1.54) is 11.9 Å². The zero-order chi connectivity index (χ0) is 32.8. The number of pyridine rings is 1. The summed E-state index contributed by atoms with van der Waals surface area (Å²) in [7, 11) is 1.49. The van der Waals surface area contributed by atoms with Crippen LogP contribution in [0.1, 0.15) is 43.2 Å². The number of likely N-dealkylation sites (N-methyl/N-ethyl adjacent to an activating group) is 1. The summed E-state index contributed by atoms with van der Waals surface area (Å²) in [6.07, 6.45) is 1.48. The van der Waals surface area contributed by atoms with E-state index < -0.39 is 36.9 Å². The van der Waals surface area contributed by atoms with Crippen LogP contribution in [0, 0.1) is 0 Å². The Morgan fingerprint density at radius 3 is 2.59 bits per heavy atom. The molecule has 2 aliphatic rings. The molecule has 3 aromatic rings. The van der Waals surface area contributed by atoms with Crippen molar-refractivity contribution in [1.82, 2.24) is 15.2 Å². The summed E-state index contributed by atoms with van der Waals surface area (Å²) in [5.74, 6) is 0.801. The van der Waals surface area contributed by atoms with E-state index in [4.69, 9.17) is 21.4 Å². The molecule has 0 spiro atoms. The summed E-state index contributed by atoms with van der Waals surface area (Å²) >= 11 is 8.24. The van der Waals surface area contributed by atoms with Crippen molar-refractivity contribution in [3.8, 4) is 16.9 Å². The second-order valence-electron chi connectivity index (χ2n) is 12.1. The molecule has 2 fully saturated rings. The molecule has 4 atom stereocenters. The van der Waals surface area contributed by atoms with E-state index in [0.29, 0.717) is 36.4 Å². The van der Waals surface area contributed by atoms with E-state index in [0.717, 1.165) is 58.6 Å². The average molecular weight is 672 g/mol. The highest BCUT2D eigenvalue weighted by molar-refractivity contribution is 7.99. The van der Waals surface area contributed by atoms with Gasteiger partial charge in [-0.05, 0) is 84.9 Å². The lowest BCUT2D eigenvalue weighted by atomic mass is 9.94. The normalized spacial score (nSPS) is 18.0. The number of hydrogen-bond acceptors (Lipinski definition) is 10. The number of rotatable bonds is 17. The largest absolute Gasteiger partial charge is 0.490 e. The quantitative estimate of drug-likeness (QED) is 0.0932. The third-order valence-corrected chi connectivity index (χ3v) is 9.96. The van der Waals surface area contributed by atoms with Gasteiger partial charge in [0, 0.05) is 53.6 Å². The number of aromatic nitrogens is 1. The van der Waals surface area contributed by atoms with Gasteiger partial charge in [-0.15, -0.1) is 11.8 Å². The number of benzene rings is 2. The minimum atomic E-state index is -1.93. The molecule has 10 nitrogen and oxygen atoms in total. The maximum atomic E-state index is 12.5. The Labute approximate surface area is 278 Å². The highest BCUT2D eigenvalue weighted by Gasteiger charge is 2.46. The predicted octanol–water partition coefficient (Wildman–Crippen LogP) is 3.10. The van der Waals surface area contributed by atoms with Crippen molar-refractivity contribution in [3.63, 3.8) is 0 Å². The molecule has 2 aromatic carbocycles. The molecule has 0 radical (unpaired) electrons. The number of amides is 1. The first-order valence-electron chi connectivity index (χ1n) is 15.6. The number of aliphatic hydroxyl groups is 5. The minimum absolute atomic E-state index is 0.204. The number of carbonyl (C=O) groups is 1. The topological polar surface area (TPSA) is 156 Å². The van der Waals surface area contributed by atoms with Crippen molar-refractivity contribution in [1.29, 1.82) is 0 Å². The highest BCUT2D eigenvalue weighted by atomic mass is 35.5. The number of ether oxygens (including phenoxy) is 1. The molecule has 1 aromatic heterocycles. The van der Waals surface area contributed by atoms with E-state index in [2.05, 4.69) is 28.5 Å². The molecule has 5 rings (SSSR count). The molecule has 1 heterocycles. The highest BCUT2D eigenvalue weighted by Crippen LogP contribution is 2.50. The number of thioether (sulfide) groups is 1. The third-order valence-electron chi connectivity index (χ3n) is 8.51. The van der Waals surface area contributed by atoms with Crippen LogP contribution in [0.4, 0.5) is 0 Å². The van der Waals surface area contributed by atoms with Gasteiger partial charge in [-0.25, -0.2) is 0 Å². The van der Waals surface area contributed by atoms with Gasteiger partial charge in [-0.1, -0.05) is 29.8 Å². The molecule has 248 valence electrons. The molecule has 0 unspecified atom stereocenters. The number of carbonyl (C=O) groups excluding carboxylic acids is 1. The van der Waals surface area contributed by atoms with Crippen molar-refractivity contribution < 1.29 is 35.1 Å². The van der Waals surface area contributed by atoms with Crippen LogP contribution < -0.4 is 10.1 Å². The SMILES string of the molecule is CN(CCCSc1ccc(Cl)c(CNC2(c3cnccc3-c3ccccc3OC3CC3)CC2)c1)C(=O)[C@@H](O)[C@@H](O)[C@H](O)[C@@H](O)CO. The van der Waals surface area contributed by atoms with Gasteiger partial charge in [-0.3, -0.25) is 9.78 Å². The van der Waals surface area contributed by atoms with Gasteiger partial charge in [0.25, 0.3) is 5.91 Å². The Morgan fingerprint density at radius 2 is 1.87 bits per heavy atom. The van der Waals surface area contributed by atoms with E-state index in [9.17, 15) is 25.2 Å². The fourth-order valence-corrected chi connectivity index (χ4v) is 6.45. The van der Waals surface area contributed by atoms with Gasteiger partial charge >= 0.3 is 0 Å². The Hall–Kier alpha value is -2.74. The van der Waals surface area contributed by atoms with Crippen molar-refractivity contribution in [2.45, 2.75) is 79.6 Å². The van der Waals surface area contributed by atoms with Crippen LogP contribution in [0.2, 0.25) is 5.02 Å². The van der Waals surface area contributed by atoms with Gasteiger partial charge in [-0.2, -0.15) is 0 Å². The molecule has 0 saturated heterocycles. The summed E-state index contributed by atoms with van der Waals surface area (Å²) in [6.45, 7) is 0.0727. The van der Waals surface area contributed by atoms with Crippen molar-refractivity contribution in [2.24, 2.45) is 0 Å². The minimum Gasteiger partial charge on any atom is -0.490 e. The molecule has 6 N–H and O–H groups in total. The zero-order valence-electron chi connectivity index (χ0n) is 25.8. The molecule has 12 heteroatoms. The second kappa shape index (κ2) is 15.4. The van der Waals surface area contributed by atoms with E-state index in [1.807, 2.05) is 42.7 Å². The van der Waals surface area contributed by atoms with Gasteiger partial charge in [0.1, 0.15) is 24.1 Å². The number of nitrogens with one attached hydrogen (secondary N) is 1. The van der Waals surface area contributed by atoms with Crippen molar-refractivity contribution in [2.75, 3.05) is 26.0 Å². The monoisotopic (exact) mass is 671 g/mol. The number of nitrogens with zero attached hydrogens (tertiary/aromatic N) is 2. The standard InChI is InChI=1S/C34H42ClN3O7S/c1-38(33(44)32(43)31(42)30(41)28(40)20-39)15-4-16-46-23-9-10-27(35)21(17-23)18-37-34(12-13-34)26-19-36-14-11-24(26)25-5-2-3-6-29(25)45-22-7-8-22/h2-3,5-6,9-11,14,17,19,22,28,30-32,37,39-43H,4,7-8,12-13,15-16,18,20H2,1H3/t28-,30+,31-,32-/m0/s1. The third kappa shape index (κ3) is 8.39. The number of aliphatic hydroxyl groups excluding tert-OH is 5. The lowest BCUT2D eigenvalue weighted by molar-refractivity contribution is -0.157. The summed E-state index contributed by atoms with van der Waals surface area (Å²) in [5, 5.41) is 52.8. The molecule has 2 saturated carbocycles. The van der Waals surface area contributed by atoms with Gasteiger partial charge in [0.2, 0.25) is 0 Å². The maximum Gasteiger partial charge on any atom is 0.253 e. The van der Waals surface area contributed by atoms with Crippen LogP contribution in [-0.4, -0.2) is 97.8 Å². The van der Waals surface area contributed by atoms with Gasteiger partial charge in [0.15, 0.2) is 6.10 Å². The van der Waals surface area contributed by atoms with Crippen LogP contribution in [0.25, 0.3) is 11.1 Å². The molecule has 2 aliphatic carbocycles. The first kappa shape index (κ1) is 34.6. The van der Waals surface area contributed by atoms with Gasteiger partial charge in [0.05, 0.1) is 12.7 Å². The lowest BCUT2D eigenvalue weighted by Crippen LogP contribution is -2.52. The van der Waals surface area contributed by atoms with E-state index in [1.54, 1.807) is 11.8 Å². The van der Waals surface area contributed by atoms with Crippen LogP contribution >= 0.6 is 23.4 Å². The van der Waals surface area contributed by atoms with Crippen LogP contribution in [-0.2, 0) is 16.9 Å². The first-order chi connectivity index (χ1) is 22.1. The Morgan fingerprint density at radius 1 is 1.11 bits per heavy atom. The zero-order valence-corrected chi connectivity index (χ0v) is 27.3. The van der Waals surface area contributed by atoms with Crippen molar-refractivity contribution in [3.05, 3.63) is 77.1 Å².